The molecular formula is C15H13N3OS. The quantitative estimate of drug-likeness (QED) is 0.692. The molecule has 0 fully saturated rings. The first-order chi connectivity index (χ1) is 9.69. The second-order valence-corrected chi connectivity index (χ2v) is 5.68. The third kappa shape index (κ3) is 2.16. The highest BCUT2D eigenvalue weighted by molar-refractivity contribution is 7.15. The number of hydrogen-bond acceptors (Lipinski definition) is 4. The molecule has 0 N–H and O–H groups in total. The number of aryl methyl sites for hydroxylation is 2. The molecule has 4 nitrogen and oxygen atoms in total. The molecule has 2 heterocycles. The van der Waals surface area contributed by atoms with Gasteiger partial charge < -0.3 is 0 Å². The lowest BCUT2D eigenvalue weighted by Crippen LogP contribution is -1.93. The number of hydrogen-bond donors (Lipinski definition) is 0. The molecule has 0 radical (unpaired) electrons. The lowest BCUT2D eigenvalue weighted by molar-refractivity contribution is 0.112. The molecule has 0 saturated heterocycles. The van der Waals surface area contributed by atoms with Crippen LogP contribution in [-0.4, -0.2) is 21.1 Å². The van der Waals surface area contributed by atoms with Crippen molar-refractivity contribution in [2.75, 3.05) is 0 Å². The third-order valence-corrected chi connectivity index (χ3v) is 4.09. The summed E-state index contributed by atoms with van der Waals surface area (Å²) in [4.78, 5) is 16.7. The molecule has 3 aromatic rings. The Bertz CT molecular complexity index is 759. The van der Waals surface area contributed by atoms with Crippen molar-refractivity contribution in [1.29, 1.82) is 0 Å². The van der Waals surface area contributed by atoms with Crippen LogP contribution in [-0.2, 0) is 0 Å². The van der Waals surface area contributed by atoms with Crippen LogP contribution in [0.25, 0.3) is 16.3 Å². The fourth-order valence-electron chi connectivity index (χ4n) is 2.11. The van der Waals surface area contributed by atoms with E-state index in [9.17, 15) is 4.79 Å². The van der Waals surface area contributed by atoms with Gasteiger partial charge in [0.25, 0.3) is 0 Å². The van der Waals surface area contributed by atoms with E-state index in [2.05, 4.69) is 10.1 Å². The van der Waals surface area contributed by atoms with Gasteiger partial charge in [0.15, 0.2) is 6.29 Å². The first-order valence-electron chi connectivity index (χ1n) is 6.23. The van der Waals surface area contributed by atoms with Crippen molar-refractivity contribution in [3.05, 3.63) is 52.8 Å². The van der Waals surface area contributed by atoms with Gasteiger partial charge in [-0.25, -0.2) is 9.67 Å². The van der Waals surface area contributed by atoms with Gasteiger partial charge in [-0.2, -0.15) is 5.10 Å². The van der Waals surface area contributed by atoms with Crippen LogP contribution in [0.4, 0.5) is 0 Å². The number of rotatable bonds is 3. The summed E-state index contributed by atoms with van der Waals surface area (Å²) in [5.41, 5.74) is 3.13. The van der Waals surface area contributed by atoms with Gasteiger partial charge in [-0.15, -0.1) is 11.3 Å². The molecule has 2 aromatic heterocycles. The Morgan fingerprint density at radius 1 is 1.20 bits per heavy atom. The van der Waals surface area contributed by atoms with Gasteiger partial charge in [-0.05, 0) is 26.0 Å². The van der Waals surface area contributed by atoms with Gasteiger partial charge in [-0.1, -0.05) is 18.2 Å². The lowest BCUT2D eigenvalue weighted by atomic mass is 10.2. The van der Waals surface area contributed by atoms with Gasteiger partial charge in [0.1, 0.15) is 5.69 Å². The highest BCUT2D eigenvalue weighted by Gasteiger charge is 2.16. The second-order valence-electron chi connectivity index (χ2n) is 4.48. The van der Waals surface area contributed by atoms with Crippen molar-refractivity contribution < 1.29 is 4.79 Å². The summed E-state index contributed by atoms with van der Waals surface area (Å²) in [6.07, 6.45) is 2.60. The van der Waals surface area contributed by atoms with Gasteiger partial charge in [0.2, 0.25) is 0 Å². The zero-order valence-electron chi connectivity index (χ0n) is 11.2. The maximum absolute atomic E-state index is 11.3. The van der Waals surface area contributed by atoms with Crippen LogP contribution >= 0.6 is 11.3 Å². The summed E-state index contributed by atoms with van der Waals surface area (Å²) in [7, 11) is 0. The SMILES string of the molecule is Cc1nc(C)c(-c2nn(-c3ccccc3)cc2C=O)s1. The topological polar surface area (TPSA) is 47.8 Å². The normalized spacial score (nSPS) is 10.7. The van der Waals surface area contributed by atoms with Crippen LogP contribution in [0.5, 0.6) is 0 Å². The van der Waals surface area contributed by atoms with E-state index < -0.39 is 0 Å². The fourth-order valence-corrected chi connectivity index (χ4v) is 3.04. The third-order valence-electron chi connectivity index (χ3n) is 3.01. The first-order valence-corrected chi connectivity index (χ1v) is 7.05. The van der Waals surface area contributed by atoms with Crippen molar-refractivity contribution >= 4 is 17.6 Å². The Morgan fingerprint density at radius 2 is 1.95 bits per heavy atom. The molecule has 5 heteroatoms. The van der Waals surface area contributed by atoms with E-state index in [-0.39, 0.29) is 0 Å². The van der Waals surface area contributed by atoms with E-state index in [1.165, 1.54) is 0 Å². The molecule has 0 bridgehead atoms. The van der Waals surface area contributed by atoms with Gasteiger partial charge in [0, 0.05) is 6.20 Å². The summed E-state index contributed by atoms with van der Waals surface area (Å²) in [6, 6.07) is 9.75. The molecule has 0 amide bonds. The number of para-hydroxylation sites is 1. The Labute approximate surface area is 120 Å². The highest BCUT2D eigenvalue weighted by Crippen LogP contribution is 2.31. The van der Waals surface area contributed by atoms with Crippen LogP contribution in [0.1, 0.15) is 21.1 Å². The summed E-state index contributed by atoms with van der Waals surface area (Å²) >= 11 is 1.56. The standard InChI is InChI=1S/C15H13N3OS/c1-10-15(20-11(2)16-10)14-12(9-19)8-18(17-14)13-6-4-3-5-7-13/h3-9H,1-2H3. The molecule has 0 saturated carbocycles. The second kappa shape index (κ2) is 5.02. The predicted molar refractivity (Wildman–Crippen MR) is 79.5 cm³/mol. The van der Waals surface area contributed by atoms with Gasteiger partial charge in [0.05, 0.1) is 26.8 Å². The average Bonchev–Trinajstić information content (AvgIpc) is 3.02. The molecule has 1 aromatic carbocycles. The minimum atomic E-state index is 0.584. The Hall–Kier alpha value is -2.27. The van der Waals surface area contributed by atoms with Crippen LogP contribution in [0, 0.1) is 13.8 Å². The van der Waals surface area contributed by atoms with Crippen molar-refractivity contribution in [3.63, 3.8) is 0 Å². The van der Waals surface area contributed by atoms with Crippen molar-refractivity contribution in [2.24, 2.45) is 0 Å². The van der Waals surface area contributed by atoms with E-state index in [1.807, 2.05) is 44.2 Å². The molecule has 0 aliphatic heterocycles. The Kier molecular flexibility index (Phi) is 3.20. The van der Waals surface area contributed by atoms with E-state index in [0.29, 0.717) is 11.3 Å². The molecule has 20 heavy (non-hydrogen) atoms. The number of carbonyl (C=O) groups excluding carboxylic acids is 1. The van der Waals surface area contributed by atoms with E-state index in [1.54, 1.807) is 22.2 Å². The summed E-state index contributed by atoms with van der Waals surface area (Å²) in [6.45, 7) is 3.89. The number of carbonyl (C=O) groups is 1. The van der Waals surface area contributed by atoms with Gasteiger partial charge >= 0.3 is 0 Å². The van der Waals surface area contributed by atoms with Crippen LogP contribution in [0.2, 0.25) is 0 Å². The number of thiazole rings is 1. The zero-order chi connectivity index (χ0) is 14.1. The zero-order valence-corrected chi connectivity index (χ0v) is 12.0. The minimum absolute atomic E-state index is 0.584. The van der Waals surface area contributed by atoms with Crippen LogP contribution in [0.3, 0.4) is 0 Å². The number of benzene rings is 1. The Morgan fingerprint density at radius 3 is 2.55 bits per heavy atom. The van der Waals surface area contributed by atoms with E-state index in [0.717, 1.165) is 27.6 Å². The van der Waals surface area contributed by atoms with Crippen LogP contribution < -0.4 is 0 Å². The average molecular weight is 283 g/mol. The largest absolute Gasteiger partial charge is 0.298 e. The predicted octanol–water partition coefficient (Wildman–Crippen LogP) is 3.43. The molecular weight excluding hydrogens is 270 g/mol. The summed E-state index contributed by atoms with van der Waals surface area (Å²) in [5.74, 6) is 0. The molecule has 100 valence electrons. The van der Waals surface area contributed by atoms with E-state index >= 15 is 0 Å². The summed E-state index contributed by atoms with van der Waals surface area (Å²) in [5, 5.41) is 5.53. The molecule has 0 spiro atoms. The minimum Gasteiger partial charge on any atom is -0.298 e. The lowest BCUT2D eigenvalue weighted by Gasteiger charge is -1.99. The molecule has 0 aliphatic rings. The first kappa shape index (κ1) is 12.7. The molecule has 0 atom stereocenters. The maximum Gasteiger partial charge on any atom is 0.153 e. The maximum atomic E-state index is 11.3. The fraction of sp³-hybridized carbons (Fsp3) is 0.133. The molecule has 3 rings (SSSR count). The van der Waals surface area contributed by atoms with Crippen molar-refractivity contribution in [1.82, 2.24) is 14.8 Å². The van der Waals surface area contributed by atoms with Crippen LogP contribution in [0.15, 0.2) is 36.5 Å². The number of aldehydes is 1. The monoisotopic (exact) mass is 283 g/mol. The summed E-state index contributed by atoms with van der Waals surface area (Å²) < 4.78 is 1.73. The van der Waals surface area contributed by atoms with Crippen molar-refractivity contribution in [2.45, 2.75) is 13.8 Å². The van der Waals surface area contributed by atoms with Gasteiger partial charge in [-0.3, -0.25) is 4.79 Å². The number of nitrogens with zero attached hydrogens (tertiary/aromatic N) is 3. The molecule has 0 aliphatic carbocycles. The van der Waals surface area contributed by atoms with E-state index in [4.69, 9.17) is 0 Å². The molecule has 0 unspecified atom stereocenters. The highest BCUT2D eigenvalue weighted by atomic mass is 32.1. The van der Waals surface area contributed by atoms with Crippen molar-refractivity contribution in [3.8, 4) is 16.3 Å². The smallest absolute Gasteiger partial charge is 0.153 e. The Balaban J connectivity index is 2.15. The number of aromatic nitrogens is 3.